The van der Waals surface area contributed by atoms with Crippen LogP contribution in [0.5, 0.6) is 0 Å². The fourth-order valence-corrected chi connectivity index (χ4v) is 4.34. The zero-order valence-corrected chi connectivity index (χ0v) is 18.0. The van der Waals surface area contributed by atoms with E-state index in [4.69, 9.17) is 4.74 Å². The number of amides is 1. The lowest BCUT2D eigenvalue weighted by Gasteiger charge is -2.28. The molecule has 0 aliphatic carbocycles. The highest BCUT2D eigenvalue weighted by Crippen LogP contribution is 2.34. The normalized spacial score (nSPS) is 13.2. The van der Waals surface area contributed by atoms with E-state index in [9.17, 15) is 14.4 Å². The molecule has 1 heterocycles. The van der Waals surface area contributed by atoms with E-state index in [0.29, 0.717) is 11.3 Å². The summed E-state index contributed by atoms with van der Waals surface area (Å²) in [7, 11) is 0. The maximum absolute atomic E-state index is 12.6. The first-order valence-corrected chi connectivity index (χ1v) is 10.6. The molecule has 29 heavy (non-hydrogen) atoms. The van der Waals surface area contributed by atoms with Crippen LogP contribution in [0.4, 0.5) is 5.69 Å². The molecule has 3 rings (SSSR count). The van der Waals surface area contributed by atoms with E-state index in [2.05, 4.69) is 0 Å². The van der Waals surface area contributed by atoms with Gasteiger partial charge in [-0.05, 0) is 68.1 Å². The Labute approximate surface area is 175 Å². The summed E-state index contributed by atoms with van der Waals surface area (Å²) >= 11 is 1.50. The van der Waals surface area contributed by atoms with Gasteiger partial charge in [-0.3, -0.25) is 14.4 Å². The quantitative estimate of drug-likeness (QED) is 0.527. The number of hydrogen-bond donors (Lipinski definition) is 0. The van der Waals surface area contributed by atoms with Gasteiger partial charge in [0.15, 0.2) is 6.61 Å². The Morgan fingerprint density at radius 2 is 1.79 bits per heavy atom. The summed E-state index contributed by atoms with van der Waals surface area (Å²) in [6.45, 7) is 7.86. The van der Waals surface area contributed by atoms with Gasteiger partial charge in [0, 0.05) is 17.0 Å². The molecule has 0 radical (unpaired) electrons. The number of aryl methyl sites for hydroxylation is 1. The van der Waals surface area contributed by atoms with Crippen LogP contribution in [0.1, 0.15) is 39.0 Å². The highest BCUT2D eigenvalue weighted by Gasteiger charge is 2.25. The molecule has 0 N–H and O–H groups in total. The predicted molar refractivity (Wildman–Crippen MR) is 115 cm³/mol. The maximum atomic E-state index is 12.6. The number of esters is 1. The number of ketones is 1. The number of ether oxygens (including phenoxy) is 1. The first-order valence-electron chi connectivity index (χ1n) is 9.58. The van der Waals surface area contributed by atoms with Crippen LogP contribution in [0.3, 0.4) is 0 Å². The average Bonchev–Trinajstić information content (AvgIpc) is 2.72. The van der Waals surface area contributed by atoms with Crippen molar-refractivity contribution < 1.29 is 19.1 Å². The highest BCUT2D eigenvalue weighted by molar-refractivity contribution is 8.00. The molecule has 0 atom stereocenters. The molecule has 0 bridgehead atoms. The number of carbonyl (C=O) groups excluding carboxylic acids is 3. The molecule has 6 heteroatoms. The molecule has 1 aliphatic rings. The van der Waals surface area contributed by atoms with Crippen LogP contribution < -0.4 is 4.90 Å². The van der Waals surface area contributed by atoms with Crippen molar-refractivity contribution in [2.45, 2.75) is 39.0 Å². The highest BCUT2D eigenvalue weighted by atomic mass is 32.2. The van der Waals surface area contributed by atoms with Crippen LogP contribution in [0, 0.1) is 27.7 Å². The molecule has 2 aromatic rings. The van der Waals surface area contributed by atoms with Crippen LogP contribution in [0.2, 0.25) is 0 Å². The molecule has 0 unspecified atom stereocenters. The Hall–Kier alpha value is -2.60. The van der Waals surface area contributed by atoms with Gasteiger partial charge in [0.2, 0.25) is 11.7 Å². The molecule has 0 fully saturated rings. The first kappa shape index (κ1) is 21.1. The molecule has 1 aliphatic heterocycles. The number of thioether (sulfide) groups is 1. The van der Waals surface area contributed by atoms with E-state index >= 15 is 0 Å². The number of para-hydroxylation sites is 1. The summed E-state index contributed by atoms with van der Waals surface area (Å²) in [5.41, 5.74) is 5.63. The van der Waals surface area contributed by atoms with Crippen LogP contribution in [0.25, 0.3) is 0 Å². The zero-order valence-electron chi connectivity index (χ0n) is 17.2. The van der Waals surface area contributed by atoms with E-state index < -0.39 is 5.97 Å². The van der Waals surface area contributed by atoms with E-state index in [1.54, 1.807) is 4.90 Å². The minimum absolute atomic E-state index is 0.0289. The van der Waals surface area contributed by atoms with Crippen molar-refractivity contribution in [3.63, 3.8) is 0 Å². The van der Waals surface area contributed by atoms with E-state index in [-0.39, 0.29) is 31.3 Å². The molecule has 0 aromatic heterocycles. The number of carbonyl (C=O) groups is 3. The van der Waals surface area contributed by atoms with Crippen LogP contribution in [0.15, 0.2) is 35.2 Å². The number of rotatable bonds is 6. The third kappa shape index (κ3) is 4.53. The average molecular weight is 412 g/mol. The van der Waals surface area contributed by atoms with Crippen LogP contribution >= 0.6 is 11.8 Å². The Bertz CT molecular complexity index is 983. The molecule has 152 valence electrons. The van der Waals surface area contributed by atoms with E-state index in [1.165, 1.54) is 17.3 Å². The van der Waals surface area contributed by atoms with Gasteiger partial charge < -0.3 is 9.64 Å². The van der Waals surface area contributed by atoms with Crippen molar-refractivity contribution in [3.8, 4) is 0 Å². The monoisotopic (exact) mass is 411 g/mol. The maximum Gasteiger partial charge on any atom is 0.308 e. The second-order valence-corrected chi connectivity index (χ2v) is 8.27. The van der Waals surface area contributed by atoms with Gasteiger partial charge in [-0.15, -0.1) is 11.8 Å². The molecular weight excluding hydrogens is 386 g/mol. The van der Waals surface area contributed by atoms with Crippen molar-refractivity contribution in [2.75, 3.05) is 23.8 Å². The lowest BCUT2D eigenvalue weighted by molar-refractivity contribution is -0.142. The topological polar surface area (TPSA) is 63.7 Å². The fraction of sp³-hybridized carbons (Fsp3) is 0.348. The summed E-state index contributed by atoms with van der Waals surface area (Å²) in [4.78, 5) is 39.6. The Balaban J connectivity index is 1.59. The molecular formula is C23H25NO4S. The third-order valence-electron chi connectivity index (χ3n) is 5.49. The second kappa shape index (κ2) is 8.82. The van der Waals surface area contributed by atoms with Crippen LogP contribution in [-0.4, -0.2) is 36.6 Å². The summed E-state index contributed by atoms with van der Waals surface area (Å²) in [5, 5.41) is 0. The van der Waals surface area contributed by atoms with Crippen molar-refractivity contribution in [2.24, 2.45) is 0 Å². The Morgan fingerprint density at radius 1 is 1.07 bits per heavy atom. The third-order valence-corrected chi connectivity index (χ3v) is 6.54. The lowest BCUT2D eigenvalue weighted by atomic mass is 9.93. The van der Waals surface area contributed by atoms with Gasteiger partial charge >= 0.3 is 5.97 Å². The van der Waals surface area contributed by atoms with Gasteiger partial charge in [-0.1, -0.05) is 12.1 Å². The molecule has 0 spiro atoms. The SMILES string of the molecule is Cc1cc(C(=O)COC(=O)CCN2C(=O)CSc3ccccc32)c(C)c(C)c1C. The Morgan fingerprint density at radius 3 is 2.55 bits per heavy atom. The number of hydrogen-bond acceptors (Lipinski definition) is 5. The van der Waals surface area contributed by atoms with Crippen molar-refractivity contribution in [1.29, 1.82) is 0 Å². The molecule has 0 saturated carbocycles. The number of Topliss-reactive ketones (excluding diaryl/α,β-unsaturated/α-hetero) is 1. The molecule has 1 amide bonds. The summed E-state index contributed by atoms with van der Waals surface area (Å²) in [6, 6.07) is 9.49. The van der Waals surface area contributed by atoms with Gasteiger partial charge in [0.25, 0.3) is 0 Å². The number of fused-ring (bicyclic) bond motifs is 1. The standard InChI is InChI=1S/C23H25NO4S/c1-14-11-18(17(4)16(3)15(14)2)20(25)12-28-23(27)9-10-24-19-7-5-6-8-21(19)29-13-22(24)26/h5-8,11H,9-10,12-13H2,1-4H3. The zero-order chi connectivity index (χ0) is 21.1. The van der Waals surface area contributed by atoms with E-state index in [0.717, 1.165) is 27.3 Å². The largest absolute Gasteiger partial charge is 0.457 e. The Kier molecular flexibility index (Phi) is 6.42. The van der Waals surface area contributed by atoms with Gasteiger partial charge in [-0.25, -0.2) is 0 Å². The minimum Gasteiger partial charge on any atom is -0.457 e. The summed E-state index contributed by atoms with van der Waals surface area (Å²) < 4.78 is 5.21. The fourth-order valence-electron chi connectivity index (χ4n) is 3.40. The lowest BCUT2D eigenvalue weighted by Crippen LogP contribution is -2.37. The van der Waals surface area contributed by atoms with Gasteiger partial charge in [0.05, 0.1) is 17.9 Å². The van der Waals surface area contributed by atoms with Gasteiger partial charge in [0.1, 0.15) is 0 Å². The second-order valence-electron chi connectivity index (χ2n) is 7.25. The van der Waals surface area contributed by atoms with Crippen molar-refractivity contribution in [3.05, 3.63) is 58.1 Å². The van der Waals surface area contributed by atoms with Crippen molar-refractivity contribution in [1.82, 2.24) is 0 Å². The summed E-state index contributed by atoms with van der Waals surface area (Å²) in [6.07, 6.45) is 0.0446. The van der Waals surface area contributed by atoms with Crippen molar-refractivity contribution >= 4 is 35.1 Å². The van der Waals surface area contributed by atoms with Gasteiger partial charge in [-0.2, -0.15) is 0 Å². The van der Waals surface area contributed by atoms with E-state index in [1.807, 2.05) is 58.0 Å². The first-order chi connectivity index (χ1) is 13.8. The van der Waals surface area contributed by atoms with Crippen LogP contribution in [-0.2, 0) is 14.3 Å². The number of benzene rings is 2. The smallest absolute Gasteiger partial charge is 0.308 e. The molecule has 0 saturated heterocycles. The summed E-state index contributed by atoms with van der Waals surface area (Å²) in [5.74, 6) is -0.368. The minimum atomic E-state index is -0.486. The molecule has 5 nitrogen and oxygen atoms in total. The molecule has 2 aromatic carbocycles. The number of anilines is 1. The number of nitrogens with zero attached hydrogens (tertiary/aromatic N) is 1. The predicted octanol–water partition coefficient (Wildman–Crippen LogP) is 4.18.